The van der Waals surface area contributed by atoms with Crippen LogP contribution in [0.3, 0.4) is 0 Å². The number of aromatic nitrogens is 3. The molecule has 0 bridgehead atoms. The molecule has 29 heavy (non-hydrogen) atoms. The largest absolute Gasteiger partial charge is 0.489 e. The van der Waals surface area contributed by atoms with E-state index < -0.39 is 0 Å². The first-order valence-corrected chi connectivity index (χ1v) is 9.65. The molecule has 6 heteroatoms. The average Bonchev–Trinajstić information content (AvgIpc) is 3.13. The molecule has 0 saturated heterocycles. The van der Waals surface area contributed by atoms with Crippen LogP contribution < -0.4 is 4.74 Å². The van der Waals surface area contributed by atoms with Gasteiger partial charge in [0.15, 0.2) is 5.82 Å². The molecule has 1 aromatic heterocycles. The van der Waals surface area contributed by atoms with Crippen molar-refractivity contribution in [1.82, 2.24) is 14.9 Å². The van der Waals surface area contributed by atoms with Gasteiger partial charge in [-0.25, -0.2) is 5.10 Å². The minimum Gasteiger partial charge on any atom is -0.489 e. The van der Waals surface area contributed by atoms with Crippen molar-refractivity contribution in [2.24, 2.45) is 5.10 Å². The lowest BCUT2D eigenvalue weighted by atomic mass is 10.1. The Morgan fingerprint density at radius 3 is 2.62 bits per heavy atom. The molecule has 4 rings (SSSR count). The van der Waals surface area contributed by atoms with Crippen molar-refractivity contribution in [3.8, 4) is 17.1 Å². The molecular weight excluding hydrogens is 380 g/mol. The molecule has 144 valence electrons. The second kappa shape index (κ2) is 8.67. The topological polar surface area (TPSA) is 55.2 Å². The normalized spacial score (nSPS) is 11.1. The van der Waals surface area contributed by atoms with Crippen molar-refractivity contribution < 1.29 is 4.74 Å². The molecule has 5 nitrogen and oxygen atoms in total. The Labute approximate surface area is 174 Å². The predicted octanol–water partition coefficient (Wildman–Crippen LogP) is 5.38. The fourth-order valence-electron chi connectivity index (χ4n) is 2.84. The summed E-state index contributed by atoms with van der Waals surface area (Å²) in [5.41, 5.74) is 4.16. The van der Waals surface area contributed by atoms with Gasteiger partial charge in [0.25, 0.3) is 0 Å². The summed E-state index contributed by atoms with van der Waals surface area (Å²) < 4.78 is 7.95. The van der Waals surface area contributed by atoms with E-state index in [1.165, 1.54) is 5.56 Å². The van der Waals surface area contributed by atoms with Gasteiger partial charge in [-0.05, 0) is 42.4 Å². The molecule has 1 N–H and O–H groups in total. The van der Waals surface area contributed by atoms with Crippen LogP contribution in [0.1, 0.15) is 16.7 Å². The highest BCUT2D eigenvalue weighted by molar-refractivity contribution is 7.71. The van der Waals surface area contributed by atoms with Crippen LogP contribution in [-0.2, 0) is 6.61 Å². The third-order valence-electron chi connectivity index (χ3n) is 4.39. The van der Waals surface area contributed by atoms with Crippen molar-refractivity contribution in [1.29, 1.82) is 0 Å². The van der Waals surface area contributed by atoms with E-state index >= 15 is 0 Å². The third-order valence-corrected chi connectivity index (χ3v) is 4.65. The minimum atomic E-state index is 0.438. The molecule has 0 spiro atoms. The maximum atomic E-state index is 5.89. The summed E-state index contributed by atoms with van der Waals surface area (Å²) in [6.07, 6.45) is 1.75. The summed E-state index contributed by atoms with van der Waals surface area (Å²) >= 11 is 5.34. The Morgan fingerprint density at radius 2 is 1.83 bits per heavy atom. The molecule has 0 radical (unpaired) electrons. The van der Waals surface area contributed by atoms with Gasteiger partial charge in [-0.15, -0.1) is 0 Å². The zero-order valence-corrected chi connectivity index (χ0v) is 16.8. The maximum absolute atomic E-state index is 5.89. The summed E-state index contributed by atoms with van der Waals surface area (Å²) in [6.45, 7) is 2.57. The van der Waals surface area contributed by atoms with Gasteiger partial charge in [0.1, 0.15) is 12.4 Å². The van der Waals surface area contributed by atoms with Crippen molar-refractivity contribution in [3.05, 3.63) is 100 Å². The van der Waals surface area contributed by atoms with Gasteiger partial charge < -0.3 is 4.74 Å². The number of aryl methyl sites for hydroxylation is 1. The highest BCUT2D eigenvalue weighted by Gasteiger charge is 2.07. The first-order valence-electron chi connectivity index (χ1n) is 9.25. The number of nitrogens with one attached hydrogen (secondary N) is 1. The Bertz CT molecular complexity index is 1180. The lowest BCUT2D eigenvalue weighted by Gasteiger charge is -2.07. The number of nitrogens with zero attached hydrogens (tertiary/aromatic N) is 3. The maximum Gasteiger partial charge on any atom is 0.216 e. The molecule has 3 aromatic carbocycles. The van der Waals surface area contributed by atoms with Crippen LogP contribution in [0.15, 0.2) is 84.0 Å². The van der Waals surface area contributed by atoms with Gasteiger partial charge in [0.2, 0.25) is 4.77 Å². The van der Waals surface area contributed by atoms with Crippen LogP contribution in [0.25, 0.3) is 11.4 Å². The summed E-state index contributed by atoms with van der Waals surface area (Å²) in [7, 11) is 0. The van der Waals surface area contributed by atoms with Gasteiger partial charge in [0.05, 0.1) is 6.21 Å². The lowest BCUT2D eigenvalue weighted by Crippen LogP contribution is -1.97. The molecule has 0 aliphatic carbocycles. The molecule has 4 aromatic rings. The first kappa shape index (κ1) is 18.8. The number of aromatic amines is 1. The van der Waals surface area contributed by atoms with Crippen LogP contribution >= 0.6 is 12.2 Å². The van der Waals surface area contributed by atoms with E-state index in [0.29, 0.717) is 17.2 Å². The summed E-state index contributed by atoms with van der Waals surface area (Å²) in [4.78, 5) is 0. The van der Waals surface area contributed by atoms with E-state index in [4.69, 9.17) is 17.0 Å². The smallest absolute Gasteiger partial charge is 0.216 e. The number of hydrogen-bond donors (Lipinski definition) is 1. The van der Waals surface area contributed by atoms with E-state index in [1.807, 2.05) is 85.8 Å². The Morgan fingerprint density at radius 1 is 1.03 bits per heavy atom. The quantitative estimate of drug-likeness (QED) is 0.349. The Kier molecular flexibility index (Phi) is 5.63. The van der Waals surface area contributed by atoms with E-state index in [9.17, 15) is 0 Å². The molecule has 0 amide bonds. The molecular formula is C23H20N4OS. The van der Waals surface area contributed by atoms with Crippen molar-refractivity contribution in [2.45, 2.75) is 13.5 Å². The molecule has 0 atom stereocenters. The van der Waals surface area contributed by atoms with Gasteiger partial charge in [-0.2, -0.15) is 14.9 Å². The first-order chi connectivity index (χ1) is 14.2. The summed E-state index contributed by atoms with van der Waals surface area (Å²) in [5.74, 6) is 1.45. The molecule has 0 fully saturated rings. The second-order valence-corrected chi connectivity index (χ2v) is 7.01. The van der Waals surface area contributed by atoms with Gasteiger partial charge in [0, 0.05) is 5.56 Å². The highest BCUT2D eigenvalue weighted by atomic mass is 32.1. The van der Waals surface area contributed by atoms with Gasteiger partial charge in [-0.1, -0.05) is 72.3 Å². The van der Waals surface area contributed by atoms with Crippen molar-refractivity contribution in [3.63, 3.8) is 0 Å². The predicted molar refractivity (Wildman–Crippen MR) is 118 cm³/mol. The van der Waals surface area contributed by atoms with Crippen LogP contribution in [-0.4, -0.2) is 21.1 Å². The van der Waals surface area contributed by atoms with E-state index in [0.717, 1.165) is 22.4 Å². The standard InChI is InChI=1S/C23H20N4OS/c1-17-10-12-20(13-11-17)22-25-26-23(29)27(22)24-15-19-8-5-9-21(14-19)28-16-18-6-3-2-4-7-18/h2-15H,16H2,1H3,(H,26,29)/b24-15+. The minimum absolute atomic E-state index is 0.438. The molecule has 0 aliphatic heterocycles. The monoisotopic (exact) mass is 400 g/mol. The zero-order chi connectivity index (χ0) is 20.1. The Balaban J connectivity index is 1.53. The van der Waals surface area contributed by atoms with Gasteiger partial charge >= 0.3 is 0 Å². The molecule has 0 unspecified atom stereocenters. The van der Waals surface area contributed by atoms with Crippen molar-refractivity contribution >= 4 is 18.4 Å². The fraction of sp³-hybridized carbons (Fsp3) is 0.0870. The second-order valence-electron chi connectivity index (χ2n) is 6.62. The molecule has 1 heterocycles. The molecule has 0 aliphatic rings. The van der Waals surface area contributed by atoms with E-state index in [1.54, 1.807) is 10.9 Å². The van der Waals surface area contributed by atoms with E-state index in [2.05, 4.69) is 15.3 Å². The lowest BCUT2D eigenvalue weighted by molar-refractivity contribution is 0.306. The number of H-pyrrole nitrogens is 1. The van der Waals surface area contributed by atoms with E-state index in [-0.39, 0.29) is 0 Å². The summed E-state index contributed by atoms with van der Waals surface area (Å²) in [6, 6.07) is 25.9. The highest BCUT2D eigenvalue weighted by Crippen LogP contribution is 2.18. The van der Waals surface area contributed by atoms with Crippen LogP contribution in [0, 0.1) is 11.7 Å². The summed E-state index contributed by atoms with van der Waals surface area (Å²) in [5, 5.41) is 11.7. The number of rotatable bonds is 6. The third kappa shape index (κ3) is 4.67. The number of benzene rings is 3. The van der Waals surface area contributed by atoms with Gasteiger partial charge in [-0.3, -0.25) is 0 Å². The zero-order valence-electron chi connectivity index (χ0n) is 15.9. The number of ether oxygens (including phenoxy) is 1. The number of hydrogen-bond acceptors (Lipinski definition) is 4. The van der Waals surface area contributed by atoms with Crippen LogP contribution in [0.2, 0.25) is 0 Å². The van der Waals surface area contributed by atoms with Crippen LogP contribution in [0.5, 0.6) is 5.75 Å². The Hall–Kier alpha value is -3.51. The van der Waals surface area contributed by atoms with Crippen LogP contribution in [0.4, 0.5) is 0 Å². The van der Waals surface area contributed by atoms with Crippen molar-refractivity contribution in [2.75, 3.05) is 0 Å². The fourth-order valence-corrected chi connectivity index (χ4v) is 3.02. The molecule has 0 saturated carbocycles. The SMILES string of the molecule is Cc1ccc(-c2n[nH]c(=S)n2/N=C/c2cccc(OCc3ccccc3)c2)cc1. The average molecular weight is 401 g/mol.